The molecule has 0 saturated carbocycles. The van der Waals surface area contributed by atoms with E-state index < -0.39 is 18.6 Å². The number of hydrogen-bond donors (Lipinski definition) is 1. The minimum absolute atomic E-state index is 0.0727. The van der Waals surface area contributed by atoms with Gasteiger partial charge in [-0.1, -0.05) is 24.3 Å². The molecule has 2 atom stereocenters. The SMILES string of the molecule is CC(CC(F)(F)F)NC1CCc2ccccc21. The predicted molar refractivity (Wildman–Crippen MR) is 60.8 cm³/mol. The Balaban J connectivity index is 1.98. The fourth-order valence-corrected chi connectivity index (χ4v) is 2.48. The van der Waals surface area contributed by atoms with Crippen molar-refractivity contribution in [3.63, 3.8) is 0 Å². The quantitative estimate of drug-likeness (QED) is 0.855. The van der Waals surface area contributed by atoms with Gasteiger partial charge in [0.25, 0.3) is 0 Å². The average Bonchev–Trinajstić information content (AvgIpc) is 2.59. The Morgan fingerprint density at radius 3 is 2.76 bits per heavy atom. The lowest BCUT2D eigenvalue weighted by Crippen LogP contribution is -2.33. The number of nitrogens with one attached hydrogen (secondary N) is 1. The number of halogens is 3. The highest BCUT2D eigenvalue weighted by atomic mass is 19.4. The van der Waals surface area contributed by atoms with Gasteiger partial charge in [0.2, 0.25) is 0 Å². The van der Waals surface area contributed by atoms with E-state index in [-0.39, 0.29) is 6.04 Å². The lowest BCUT2D eigenvalue weighted by atomic mass is 10.1. The fraction of sp³-hybridized carbons (Fsp3) is 0.538. The zero-order chi connectivity index (χ0) is 12.5. The van der Waals surface area contributed by atoms with Crippen molar-refractivity contribution in [2.24, 2.45) is 0 Å². The first kappa shape index (κ1) is 12.4. The topological polar surface area (TPSA) is 12.0 Å². The maximum absolute atomic E-state index is 12.2. The van der Waals surface area contributed by atoms with Gasteiger partial charge in [-0.3, -0.25) is 0 Å². The minimum Gasteiger partial charge on any atom is -0.307 e. The van der Waals surface area contributed by atoms with Crippen LogP contribution in [-0.4, -0.2) is 12.2 Å². The highest BCUT2D eigenvalue weighted by molar-refractivity contribution is 5.34. The van der Waals surface area contributed by atoms with Gasteiger partial charge in [-0.2, -0.15) is 13.2 Å². The van der Waals surface area contributed by atoms with Gasteiger partial charge in [-0.15, -0.1) is 0 Å². The van der Waals surface area contributed by atoms with E-state index in [2.05, 4.69) is 5.32 Å². The Morgan fingerprint density at radius 2 is 2.06 bits per heavy atom. The highest BCUT2D eigenvalue weighted by Crippen LogP contribution is 2.32. The molecule has 0 spiro atoms. The molecule has 17 heavy (non-hydrogen) atoms. The van der Waals surface area contributed by atoms with E-state index in [1.54, 1.807) is 6.92 Å². The third-order valence-corrected chi connectivity index (χ3v) is 3.16. The Labute approximate surface area is 99.0 Å². The van der Waals surface area contributed by atoms with Crippen LogP contribution in [0.25, 0.3) is 0 Å². The number of alkyl halides is 3. The minimum atomic E-state index is -4.09. The Hall–Kier alpha value is -1.03. The van der Waals surface area contributed by atoms with E-state index >= 15 is 0 Å². The molecule has 0 saturated heterocycles. The van der Waals surface area contributed by atoms with Gasteiger partial charge in [0.05, 0.1) is 6.42 Å². The standard InChI is InChI=1S/C13H16F3N/c1-9(8-13(14,15)16)17-12-7-6-10-4-2-3-5-11(10)12/h2-5,9,12,17H,6-8H2,1H3. The first-order valence-electron chi connectivity index (χ1n) is 5.86. The molecule has 2 unspecified atom stereocenters. The van der Waals surface area contributed by atoms with Crippen LogP contribution in [0, 0.1) is 0 Å². The monoisotopic (exact) mass is 243 g/mol. The van der Waals surface area contributed by atoms with Crippen LogP contribution in [0.4, 0.5) is 13.2 Å². The molecule has 1 aromatic rings. The van der Waals surface area contributed by atoms with E-state index in [0.29, 0.717) is 0 Å². The molecule has 0 fully saturated rings. The molecule has 1 aliphatic carbocycles. The molecule has 0 bridgehead atoms. The van der Waals surface area contributed by atoms with Gasteiger partial charge < -0.3 is 5.32 Å². The third-order valence-electron chi connectivity index (χ3n) is 3.16. The zero-order valence-electron chi connectivity index (χ0n) is 9.72. The van der Waals surface area contributed by atoms with Crippen molar-refractivity contribution < 1.29 is 13.2 Å². The summed E-state index contributed by atoms with van der Waals surface area (Å²) in [6, 6.07) is 7.49. The van der Waals surface area contributed by atoms with E-state index in [4.69, 9.17) is 0 Å². The lowest BCUT2D eigenvalue weighted by Gasteiger charge is -2.21. The second kappa shape index (κ2) is 4.69. The number of hydrogen-bond acceptors (Lipinski definition) is 1. The summed E-state index contributed by atoms with van der Waals surface area (Å²) in [5, 5.41) is 3.07. The first-order chi connectivity index (χ1) is 7.96. The first-order valence-corrected chi connectivity index (χ1v) is 5.86. The molecule has 0 radical (unpaired) electrons. The van der Waals surface area contributed by atoms with E-state index in [0.717, 1.165) is 18.4 Å². The van der Waals surface area contributed by atoms with Crippen LogP contribution in [0.15, 0.2) is 24.3 Å². The number of aryl methyl sites for hydroxylation is 1. The molecule has 0 aliphatic heterocycles. The lowest BCUT2D eigenvalue weighted by molar-refractivity contribution is -0.139. The summed E-state index contributed by atoms with van der Waals surface area (Å²) >= 11 is 0. The Morgan fingerprint density at radius 1 is 1.35 bits per heavy atom. The van der Waals surface area contributed by atoms with Crippen LogP contribution in [0.1, 0.15) is 36.9 Å². The number of rotatable bonds is 3. The van der Waals surface area contributed by atoms with Gasteiger partial charge in [0.1, 0.15) is 0 Å². The van der Waals surface area contributed by atoms with Gasteiger partial charge in [0, 0.05) is 12.1 Å². The van der Waals surface area contributed by atoms with Gasteiger partial charge in [-0.05, 0) is 30.9 Å². The maximum Gasteiger partial charge on any atom is 0.390 e. The van der Waals surface area contributed by atoms with Gasteiger partial charge in [-0.25, -0.2) is 0 Å². The summed E-state index contributed by atoms with van der Waals surface area (Å²) < 4.78 is 36.7. The molecule has 0 amide bonds. The van der Waals surface area contributed by atoms with Crippen molar-refractivity contribution in [1.29, 1.82) is 0 Å². The van der Waals surface area contributed by atoms with Crippen LogP contribution in [0.3, 0.4) is 0 Å². The summed E-state index contributed by atoms with van der Waals surface area (Å²) in [6.45, 7) is 1.59. The van der Waals surface area contributed by atoms with Crippen molar-refractivity contribution in [2.45, 2.75) is 44.4 Å². The maximum atomic E-state index is 12.2. The van der Waals surface area contributed by atoms with Crippen LogP contribution in [0.2, 0.25) is 0 Å². The summed E-state index contributed by atoms with van der Waals surface area (Å²) in [4.78, 5) is 0. The van der Waals surface area contributed by atoms with E-state index in [1.807, 2.05) is 24.3 Å². The van der Waals surface area contributed by atoms with E-state index in [9.17, 15) is 13.2 Å². The molecule has 1 nitrogen and oxygen atoms in total. The zero-order valence-corrected chi connectivity index (χ0v) is 9.72. The molecule has 0 aromatic heterocycles. The smallest absolute Gasteiger partial charge is 0.307 e. The molecule has 1 N–H and O–H groups in total. The Bertz CT molecular complexity index is 386. The van der Waals surface area contributed by atoms with Crippen molar-refractivity contribution in [1.82, 2.24) is 5.32 Å². The van der Waals surface area contributed by atoms with Crippen molar-refractivity contribution in [3.05, 3.63) is 35.4 Å². The van der Waals surface area contributed by atoms with Crippen LogP contribution in [-0.2, 0) is 6.42 Å². The molecule has 1 aliphatic rings. The molecule has 0 heterocycles. The number of fused-ring (bicyclic) bond motifs is 1. The third kappa shape index (κ3) is 3.22. The Kier molecular flexibility index (Phi) is 3.43. The van der Waals surface area contributed by atoms with Crippen LogP contribution < -0.4 is 5.32 Å². The summed E-state index contributed by atoms with van der Waals surface area (Å²) in [7, 11) is 0. The highest BCUT2D eigenvalue weighted by Gasteiger charge is 2.32. The summed E-state index contributed by atoms with van der Waals surface area (Å²) in [5.41, 5.74) is 2.41. The fourth-order valence-electron chi connectivity index (χ4n) is 2.48. The second-order valence-electron chi connectivity index (χ2n) is 4.68. The second-order valence-corrected chi connectivity index (χ2v) is 4.68. The van der Waals surface area contributed by atoms with Gasteiger partial charge >= 0.3 is 6.18 Å². The number of benzene rings is 1. The molecule has 1 aromatic carbocycles. The molecule has 2 rings (SSSR count). The summed E-state index contributed by atoms with van der Waals surface area (Å²) in [5.74, 6) is 0. The molecular formula is C13H16F3N. The molecule has 4 heteroatoms. The molecule has 94 valence electrons. The predicted octanol–water partition coefficient (Wildman–Crippen LogP) is 3.60. The van der Waals surface area contributed by atoms with Crippen molar-refractivity contribution in [2.75, 3.05) is 0 Å². The average molecular weight is 243 g/mol. The normalized spacial score (nSPS) is 21.3. The van der Waals surface area contributed by atoms with Crippen molar-refractivity contribution in [3.8, 4) is 0 Å². The van der Waals surface area contributed by atoms with E-state index in [1.165, 1.54) is 5.56 Å². The summed E-state index contributed by atoms with van der Waals surface area (Å²) in [6.07, 6.45) is -3.02. The molecular weight excluding hydrogens is 227 g/mol. The van der Waals surface area contributed by atoms with Gasteiger partial charge in [0.15, 0.2) is 0 Å². The van der Waals surface area contributed by atoms with Crippen LogP contribution >= 0.6 is 0 Å². The largest absolute Gasteiger partial charge is 0.390 e. The van der Waals surface area contributed by atoms with Crippen molar-refractivity contribution >= 4 is 0 Å². The van der Waals surface area contributed by atoms with Crippen LogP contribution in [0.5, 0.6) is 0 Å².